The van der Waals surface area contributed by atoms with E-state index in [2.05, 4.69) is 4.74 Å². The van der Waals surface area contributed by atoms with Gasteiger partial charge in [-0.1, -0.05) is 12.2 Å². The Hall–Kier alpha value is 0.961. The Morgan fingerprint density at radius 2 is 2.08 bits per heavy atom. The molecule has 1 rings (SSSR count). The number of rotatable bonds is 3. The minimum atomic E-state index is -4.84. The molecule has 0 aromatic carbocycles. The summed E-state index contributed by atoms with van der Waals surface area (Å²) < 4.78 is 40.3. The van der Waals surface area contributed by atoms with E-state index in [1.54, 1.807) is 6.92 Å². The van der Waals surface area contributed by atoms with Crippen molar-refractivity contribution in [2.45, 2.75) is 19.2 Å². The maximum atomic E-state index is 11.9. The van der Waals surface area contributed by atoms with Gasteiger partial charge in [-0.15, -0.1) is 0 Å². The molecule has 0 amide bonds. The van der Waals surface area contributed by atoms with Crippen molar-refractivity contribution in [1.82, 2.24) is 0 Å². The third-order valence-corrected chi connectivity index (χ3v) is 1.91. The van der Waals surface area contributed by atoms with Crippen LogP contribution in [0.4, 0.5) is 12.9 Å². The summed E-state index contributed by atoms with van der Waals surface area (Å²) >= 11 is 0. The van der Waals surface area contributed by atoms with Crippen LogP contribution in [0.15, 0.2) is 0 Å². The summed E-state index contributed by atoms with van der Waals surface area (Å²) in [6.45, 7) is -3.12. The number of halogens is 3. The van der Waals surface area contributed by atoms with Gasteiger partial charge in [-0.3, -0.25) is 4.79 Å². The van der Waals surface area contributed by atoms with Crippen molar-refractivity contribution in [3.8, 4) is 0 Å². The molecule has 0 heterocycles. The third kappa shape index (κ3) is 3.91. The van der Waals surface area contributed by atoms with Crippen LogP contribution < -0.4 is 51.4 Å². The fourth-order valence-electron chi connectivity index (χ4n) is 1.15. The standard InChI is InChI=1S/C6H9BF3O2.K/c1-2-12-6(11)4-3-5(4)7(8,9)10;/h4-5H,2-3H2,1H3;/q-1;+1. The largest absolute Gasteiger partial charge is 1.00 e. The first-order valence-electron chi connectivity index (χ1n) is 3.83. The van der Waals surface area contributed by atoms with Gasteiger partial charge < -0.3 is 17.7 Å². The minimum absolute atomic E-state index is 0. The average Bonchev–Trinajstić information content (AvgIpc) is 2.62. The molecule has 13 heavy (non-hydrogen) atoms. The molecule has 1 aliphatic carbocycles. The van der Waals surface area contributed by atoms with E-state index < -0.39 is 24.7 Å². The van der Waals surface area contributed by atoms with Crippen LogP contribution >= 0.6 is 0 Å². The second kappa shape index (κ2) is 5.16. The molecule has 1 saturated carbocycles. The van der Waals surface area contributed by atoms with Crippen LogP contribution in [0, 0.1) is 5.92 Å². The SMILES string of the molecule is CCOC(=O)C1CC1[B-](F)(F)F.[K+]. The van der Waals surface area contributed by atoms with Gasteiger partial charge in [0.15, 0.2) is 0 Å². The van der Waals surface area contributed by atoms with Crippen molar-refractivity contribution in [2.75, 3.05) is 6.61 Å². The van der Waals surface area contributed by atoms with Crippen molar-refractivity contribution in [3.05, 3.63) is 0 Å². The molecule has 2 atom stereocenters. The molecular formula is C6H9BF3KO2. The van der Waals surface area contributed by atoms with Crippen LogP contribution in [0.25, 0.3) is 0 Å². The minimum Gasteiger partial charge on any atom is -0.466 e. The molecule has 0 aromatic heterocycles. The van der Waals surface area contributed by atoms with Crippen LogP contribution in [-0.2, 0) is 9.53 Å². The van der Waals surface area contributed by atoms with Crippen molar-refractivity contribution in [1.29, 1.82) is 0 Å². The van der Waals surface area contributed by atoms with Gasteiger partial charge in [-0.2, -0.15) is 0 Å². The van der Waals surface area contributed by atoms with Gasteiger partial charge in [0.1, 0.15) is 0 Å². The van der Waals surface area contributed by atoms with E-state index in [1.807, 2.05) is 0 Å². The molecular weight excluding hydrogens is 211 g/mol. The Bertz CT molecular complexity index is 197. The second-order valence-corrected chi connectivity index (χ2v) is 2.88. The quantitative estimate of drug-likeness (QED) is 0.440. The number of ether oxygens (including phenoxy) is 1. The van der Waals surface area contributed by atoms with E-state index in [0.717, 1.165) is 0 Å². The molecule has 0 bridgehead atoms. The normalized spacial score (nSPS) is 26.2. The summed E-state index contributed by atoms with van der Waals surface area (Å²) in [6, 6.07) is 0. The molecule has 1 fully saturated rings. The molecule has 0 radical (unpaired) electrons. The fraction of sp³-hybridized carbons (Fsp3) is 0.833. The van der Waals surface area contributed by atoms with Gasteiger partial charge in [-0.25, -0.2) is 0 Å². The van der Waals surface area contributed by atoms with Crippen molar-refractivity contribution < 1.29 is 73.9 Å². The van der Waals surface area contributed by atoms with Crippen LogP contribution in [0.3, 0.4) is 0 Å². The van der Waals surface area contributed by atoms with Gasteiger partial charge >= 0.3 is 64.3 Å². The number of hydrogen-bond acceptors (Lipinski definition) is 2. The second-order valence-electron chi connectivity index (χ2n) is 2.88. The molecule has 2 unspecified atom stereocenters. The molecule has 0 spiro atoms. The maximum absolute atomic E-state index is 11.9. The van der Waals surface area contributed by atoms with E-state index >= 15 is 0 Å². The van der Waals surface area contributed by atoms with E-state index in [0.29, 0.717) is 0 Å². The Morgan fingerprint density at radius 1 is 1.54 bits per heavy atom. The predicted octanol–water partition coefficient (Wildman–Crippen LogP) is -1.21. The molecule has 70 valence electrons. The van der Waals surface area contributed by atoms with Crippen LogP contribution in [-0.4, -0.2) is 19.6 Å². The topological polar surface area (TPSA) is 26.3 Å². The molecule has 0 saturated heterocycles. The fourth-order valence-corrected chi connectivity index (χ4v) is 1.15. The summed E-state index contributed by atoms with van der Waals surface area (Å²) in [5.41, 5.74) is 0. The predicted molar refractivity (Wildman–Crippen MR) is 37.6 cm³/mol. The monoisotopic (exact) mass is 220 g/mol. The number of esters is 1. The zero-order valence-electron chi connectivity index (χ0n) is 7.60. The van der Waals surface area contributed by atoms with Gasteiger partial charge in [0.2, 0.25) is 0 Å². The van der Waals surface area contributed by atoms with Gasteiger partial charge in [0, 0.05) is 5.92 Å². The Morgan fingerprint density at radius 3 is 2.38 bits per heavy atom. The first kappa shape index (κ1) is 14.0. The molecule has 0 N–H and O–H groups in total. The molecule has 2 nitrogen and oxygen atoms in total. The zero-order chi connectivity index (χ0) is 9.35. The van der Waals surface area contributed by atoms with Crippen molar-refractivity contribution in [2.24, 2.45) is 5.92 Å². The Kier molecular flexibility index (Phi) is 5.54. The first-order chi connectivity index (χ1) is 5.46. The van der Waals surface area contributed by atoms with Crippen molar-refractivity contribution in [3.63, 3.8) is 0 Å². The number of carbonyl (C=O) groups is 1. The Balaban J connectivity index is 0.00000144. The van der Waals surface area contributed by atoms with E-state index in [9.17, 15) is 17.7 Å². The number of hydrogen-bond donors (Lipinski definition) is 0. The molecule has 0 aromatic rings. The van der Waals surface area contributed by atoms with E-state index in [-0.39, 0.29) is 64.4 Å². The summed E-state index contributed by atoms with van der Waals surface area (Å²) in [6.07, 6.45) is -0.0810. The van der Waals surface area contributed by atoms with E-state index in [4.69, 9.17) is 0 Å². The first-order valence-corrected chi connectivity index (χ1v) is 3.83. The molecule has 0 aliphatic heterocycles. The summed E-state index contributed by atoms with van der Waals surface area (Å²) in [7, 11) is 0. The summed E-state index contributed by atoms with van der Waals surface area (Å²) in [5.74, 6) is -3.02. The summed E-state index contributed by atoms with van der Waals surface area (Å²) in [4.78, 5) is 10.8. The van der Waals surface area contributed by atoms with Crippen LogP contribution in [0.2, 0.25) is 5.82 Å². The van der Waals surface area contributed by atoms with Gasteiger partial charge in [0.05, 0.1) is 6.61 Å². The van der Waals surface area contributed by atoms with Gasteiger partial charge in [0.25, 0.3) is 0 Å². The van der Waals surface area contributed by atoms with Gasteiger partial charge in [-0.05, 0) is 6.92 Å². The molecule has 1 aliphatic rings. The van der Waals surface area contributed by atoms with E-state index in [1.165, 1.54) is 0 Å². The zero-order valence-corrected chi connectivity index (χ0v) is 10.7. The number of carbonyl (C=O) groups excluding carboxylic acids is 1. The maximum Gasteiger partial charge on any atom is 1.00 e. The molecule has 7 heteroatoms. The van der Waals surface area contributed by atoms with Crippen molar-refractivity contribution >= 4 is 12.9 Å². The third-order valence-electron chi connectivity index (χ3n) is 1.91. The smallest absolute Gasteiger partial charge is 0.466 e. The van der Waals surface area contributed by atoms with Crippen LogP contribution in [0.5, 0.6) is 0 Å². The Labute approximate surface area is 117 Å². The van der Waals surface area contributed by atoms with Crippen LogP contribution in [0.1, 0.15) is 13.3 Å². The summed E-state index contributed by atoms with van der Waals surface area (Å²) in [5, 5.41) is 0. The average molecular weight is 220 g/mol.